The van der Waals surface area contributed by atoms with Crippen LogP contribution in [0.4, 0.5) is 0 Å². The molecule has 1 aromatic heterocycles. The highest BCUT2D eigenvalue weighted by Crippen LogP contribution is 2.28. The fourth-order valence-corrected chi connectivity index (χ4v) is 3.47. The minimum Gasteiger partial charge on any atom is -0.378 e. The lowest BCUT2D eigenvalue weighted by molar-refractivity contribution is 0.0299. The van der Waals surface area contributed by atoms with Crippen molar-refractivity contribution in [3.8, 4) is 0 Å². The van der Waals surface area contributed by atoms with E-state index in [0.717, 1.165) is 25.2 Å². The summed E-state index contributed by atoms with van der Waals surface area (Å²) in [5, 5.41) is 0. The molecule has 5 heteroatoms. The second-order valence-electron chi connectivity index (χ2n) is 6.25. The normalized spacial score (nSPS) is 21.0. The van der Waals surface area contributed by atoms with Crippen molar-refractivity contribution in [3.05, 3.63) is 53.6 Å². The highest BCUT2D eigenvalue weighted by atomic mass is 16.5. The molecule has 1 amide bonds. The second kappa shape index (κ2) is 6.16. The van der Waals surface area contributed by atoms with Crippen LogP contribution in [0.1, 0.15) is 34.2 Å². The van der Waals surface area contributed by atoms with Crippen LogP contribution in [0.3, 0.4) is 0 Å². The van der Waals surface area contributed by atoms with Crippen LogP contribution in [0, 0.1) is 0 Å². The molecule has 2 aromatic rings. The predicted molar refractivity (Wildman–Crippen MR) is 86.5 cm³/mol. The third-order valence-corrected chi connectivity index (χ3v) is 4.78. The molecule has 5 nitrogen and oxygen atoms in total. The SMILES string of the molecule is O=C(c1cn2c(n1)CCC(c1ccccc1)C2)N1CCOCC1. The summed E-state index contributed by atoms with van der Waals surface area (Å²) in [4.78, 5) is 19.0. The van der Waals surface area contributed by atoms with Crippen molar-refractivity contribution in [1.29, 1.82) is 0 Å². The summed E-state index contributed by atoms with van der Waals surface area (Å²) < 4.78 is 7.47. The fourth-order valence-electron chi connectivity index (χ4n) is 3.47. The van der Waals surface area contributed by atoms with Gasteiger partial charge in [0.1, 0.15) is 11.5 Å². The Morgan fingerprint density at radius 2 is 1.96 bits per heavy atom. The highest BCUT2D eigenvalue weighted by molar-refractivity contribution is 5.92. The van der Waals surface area contributed by atoms with Gasteiger partial charge in [-0.25, -0.2) is 4.98 Å². The number of morpholine rings is 1. The van der Waals surface area contributed by atoms with E-state index in [1.54, 1.807) is 0 Å². The number of hydrogen-bond donors (Lipinski definition) is 0. The molecule has 1 saturated heterocycles. The van der Waals surface area contributed by atoms with Gasteiger partial charge in [0.25, 0.3) is 5.91 Å². The predicted octanol–water partition coefficient (Wildman–Crippen LogP) is 2.09. The Balaban J connectivity index is 1.52. The van der Waals surface area contributed by atoms with E-state index in [1.807, 2.05) is 17.2 Å². The van der Waals surface area contributed by atoms with Gasteiger partial charge < -0.3 is 14.2 Å². The summed E-state index contributed by atoms with van der Waals surface area (Å²) in [6.45, 7) is 3.47. The summed E-state index contributed by atoms with van der Waals surface area (Å²) in [5.41, 5.74) is 1.95. The molecule has 23 heavy (non-hydrogen) atoms. The smallest absolute Gasteiger partial charge is 0.274 e. The van der Waals surface area contributed by atoms with Gasteiger partial charge in [0.05, 0.1) is 13.2 Å². The average molecular weight is 311 g/mol. The quantitative estimate of drug-likeness (QED) is 0.853. The lowest BCUT2D eigenvalue weighted by Crippen LogP contribution is -2.40. The van der Waals surface area contributed by atoms with Gasteiger partial charge >= 0.3 is 0 Å². The summed E-state index contributed by atoms with van der Waals surface area (Å²) in [6.07, 6.45) is 3.95. The highest BCUT2D eigenvalue weighted by Gasteiger charge is 2.26. The van der Waals surface area contributed by atoms with Crippen molar-refractivity contribution in [2.45, 2.75) is 25.3 Å². The molecule has 0 saturated carbocycles. The lowest BCUT2D eigenvalue weighted by atomic mass is 9.92. The van der Waals surface area contributed by atoms with E-state index < -0.39 is 0 Å². The number of nitrogens with zero attached hydrogens (tertiary/aromatic N) is 3. The van der Waals surface area contributed by atoms with E-state index in [-0.39, 0.29) is 5.91 Å². The van der Waals surface area contributed by atoms with E-state index in [0.29, 0.717) is 37.9 Å². The zero-order valence-corrected chi connectivity index (χ0v) is 13.1. The van der Waals surface area contributed by atoms with E-state index in [9.17, 15) is 4.79 Å². The van der Waals surface area contributed by atoms with E-state index >= 15 is 0 Å². The third kappa shape index (κ3) is 2.88. The maximum absolute atomic E-state index is 12.6. The first-order valence-electron chi connectivity index (χ1n) is 8.29. The van der Waals surface area contributed by atoms with Gasteiger partial charge in [-0.3, -0.25) is 4.79 Å². The number of aryl methyl sites for hydroxylation is 1. The van der Waals surface area contributed by atoms with Crippen LogP contribution in [-0.2, 0) is 17.7 Å². The monoisotopic (exact) mass is 311 g/mol. The van der Waals surface area contributed by atoms with Crippen molar-refractivity contribution >= 4 is 5.91 Å². The summed E-state index contributed by atoms with van der Waals surface area (Å²) in [6, 6.07) is 10.6. The molecule has 1 atom stereocenters. The first-order valence-corrected chi connectivity index (χ1v) is 8.29. The molecule has 0 aliphatic carbocycles. The Labute approximate surface area is 135 Å². The van der Waals surface area contributed by atoms with Crippen molar-refractivity contribution in [2.75, 3.05) is 26.3 Å². The maximum atomic E-state index is 12.6. The average Bonchev–Trinajstić information content (AvgIpc) is 3.06. The van der Waals surface area contributed by atoms with Gasteiger partial charge in [-0.1, -0.05) is 30.3 Å². The van der Waals surface area contributed by atoms with Crippen LogP contribution in [0.5, 0.6) is 0 Å². The molecule has 2 aliphatic heterocycles. The first kappa shape index (κ1) is 14.5. The summed E-state index contributed by atoms with van der Waals surface area (Å²) >= 11 is 0. The Bertz CT molecular complexity index is 690. The molecule has 0 bridgehead atoms. The molecule has 120 valence electrons. The maximum Gasteiger partial charge on any atom is 0.274 e. The number of rotatable bonds is 2. The lowest BCUT2D eigenvalue weighted by Gasteiger charge is -2.25. The summed E-state index contributed by atoms with van der Waals surface area (Å²) in [7, 11) is 0. The van der Waals surface area contributed by atoms with Gasteiger partial charge in [0.2, 0.25) is 0 Å². The topological polar surface area (TPSA) is 47.4 Å². The number of aromatic nitrogens is 2. The zero-order chi connectivity index (χ0) is 15.6. The Hall–Kier alpha value is -2.14. The second-order valence-corrected chi connectivity index (χ2v) is 6.25. The van der Waals surface area contributed by atoms with Gasteiger partial charge in [0.15, 0.2) is 0 Å². The molecule has 1 aromatic carbocycles. The van der Waals surface area contributed by atoms with Gasteiger partial charge in [-0.15, -0.1) is 0 Å². The van der Waals surface area contributed by atoms with Crippen molar-refractivity contribution in [3.63, 3.8) is 0 Å². The van der Waals surface area contributed by atoms with Crippen molar-refractivity contribution < 1.29 is 9.53 Å². The molecule has 0 radical (unpaired) electrons. The van der Waals surface area contributed by atoms with Crippen LogP contribution >= 0.6 is 0 Å². The van der Waals surface area contributed by atoms with Crippen LogP contribution in [0.15, 0.2) is 36.5 Å². The molecule has 0 N–H and O–H groups in total. The molecular formula is C18H21N3O2. The van der Waals surface area contributed by atoms with Crippen LogP contribution in [-0.4, -0.2) is 46.7 Å². The fraction of sp³-hybridized carbons (Fsp3) is 0.444. The molecular weight excluding hydrogens is 290 g/mol. The zero-order valence-electron chi connectivity index (χ0n) is 13.1. The van der Waals surface area contributed by atoms with Gasteiger partial charge in [-0.05, 0) is 12.0 Å². The van der Waals surface area contributed by atoms with E-state index in [1.165, 1.54) is 5.56 Å². The van der Waals surface area contributed by atoms with Crippen LogP contribution < -0.4 is 0 Å². The van der Waals surface area contributed by atoms with Crippen LogP contribution in [0.2, 0.25) is 0 Å². The molecule has 4 rings (SSSR count). The molecule has 2 aliphatic rings. The van der Waals surface area contributed by atoms with E-state index in [2.05, 4.69) is 33.8 Å². The van der Waals surface area contributed by atoms with Gasteiger partial charge in [0, 0.05) is 38.2 Å². The van der Waals surface area contributed by atoms with Crippen molar-refractivity contribution in [2.24, 2.45) is 0 Å². The van der Waals surface area contributed by atoms with Gasteiger partial charge in [-0.2, -0.15) is 0 Å². The molecule has 3 heterocycles. The number of carbonyl (C=O) groups excluding carboxylic acids is 1. The Morgan fingerprint density at radius 1 is 1.17 bits per heavy atom. The number of benzene rings is 1. The number of amides is 1. The van der Waals surface area contributed by atoms with E-state index in [4.69, 9.17) is 4.74 Å². The third-order valence-electron chi connectivity index (χ3n) is 4.78. The molecule has 1 unspecified atom stereocenters. The number of fused-ring (bicyclic) bond motifs is 1. The minimum atomic E-state index is 0.0338. The van der Waals surface area contributed by atoms with Crippen molar-refractivity contribution in [1.82, 2.24) is 14.5 Å². The minimum absolute atomic E-state index is 0.0338. The number of carbonyl (C=O) groups is 1. The standard InChI is InChI=1S/C18H21N3O2/c22-18(20-8-10-23-11-9-20)16-13-21-12-15(6-7-17(21)19-16)14-4-2-1-3-5-14/h1-5,13,15H,6-12H2. The summed E-state index contributed by atoms with van der Waals surface area (Å²) in [5.74, 6) is 1.57. The largest absolute Gasteiger partial charge is 0.378 e. The first-order chi connectivity index (χ1) is 11.3. The Kier molecular flexibility index (Phi) is 3.87. The van der Waals surface area contributed by atoms with Crippen LogP contribution in [0.25, 0.3) is 0 Å². The number of hydrogen-bond acceptors (Lipinski definition) is 3. The number of ether oxygens (including phenoxy) is 1. The molecule has 0 spiro atoms. The molecule has 1 fully saturated rings. The Morgan fingerprint density at radius 3 is 2.74 bits per heavy atom. The number of imidazole rings is 1.